The van der Waals surface area contributed by atoms with E-state index in [2.05, 4.69) is 15.9 Å². The molecule has 1 aromatic carbocycles. The number of halogens is 1. The van der Waals surface area contributed by atoms with Gasteiger partial charge in [-0.3, -0.25) is 4.79 Å². The van der Waals surface area contributed by atoms with Crippen molar-refractivity contribution in [3.8, 4) is 0 Å². The van der Waals surface area contributed by atoms with Crippen LogP contribution in [0.5, 0.6) is 0 Å². The molecule has 2 rings (SSSR count). The molecule has 0 saturated carbocycles. The van der Waals surface area contributed by atoms with E-state index in [-0.39, 0.29) is 5.43 Å². The van der Waals surface area contributed by atoms with E-state index in [0.717, 1.165) is 10.0 Å². The molecule has 0 atom stereocenters. The van der Waals surface area contributed by atoms with Crippen molar-refractivity contribution < 1.29 is 4.42 Å². The first-order valence-electron chi connectivity index (χ1n) is 4.39. The third kappa shape index (κ3) is 1.84. The second-order valence-electron chi connectivity index (χ2n) is 3.26. The molecule has 0 amide bonds. The number of rotatable bonds is 1. The summed E-state index contributed by atoms with van der Waals surface area (Å²) in [5.74, 6) is 0. The fourth-order valence-corrected chi connectivity index (χ4v) is 2.56. The van der Waals surface area contributed by atoms with Gasteiger partial charge < -0.3 is 4.42 Å². The fourth-order valence-electron chi connectivity index (χ4n) is 1.46. The van der Waals surface area contributed by atoms with Gasteiger partial charge in [0.1, 0.15) is 6.26 Å². The number of benzene rings is 1. The minimum Gasteiger partial charge on any atom is -0.462 e. The maximum absolute atomic E-state index is 12.0. The zero-order valence-corrected chi connectivity index (χ0v) is 10.7. The van der Waals surface area contributed by atoms with Crippen molar-refractivity contribution in [3.05, 3.63) is 38.7 Å². The van der Waals surface area contributed by atoms with Crippen molar-refractivity contribution in [1.29, 1.82) is 0 Å². The van der Waals surface area contributed by atoms with E-state index in [4.69, 9.17) is 4.42 Å². The lowest BCUT2D eigenvalue weighted by atomic mass is 10.1. The number of hydrogen-bond acceptors (Lipinski definition) is 3. The maximum Gasteiger partial charge on any atom is 0.206 e. The molecule has 0 saturated heterocycles. The molecule has 0 N–H and O–H groups in total. The molecule has 1 heterocycles. The smallest absolute Gasteiger partial charge is 0.206 e. The van der Waals surface area contributed by atoms with Gasteiger partial charge in [0.25, 0.3) is 0 Å². The Kier molecular flexibility index (Phi) is 2.89. The van der Waals surface area contributed by atoms with Crippen LogP contribution in [0.25, 0.3) is 11.0 Å². The normalized spacial score (nSPS) is 10.9. The van der Waals surface area contributed by atoms with Crippen LogP contribution in [0, 0.1) is 6.92 Å². The van der Waals surface area contributed by atoms with E-state index in [1.807, 2.05) is 25.3 Å². The first-order valence-corrected chi connectivity index (χ1v) is 6.41. The van der Waals surface area contributed by atoms with Crippen LogP contribution in [0.3, 0.4) is 0 Å². The predicted molar refractivity (Wildman–Crippen MR) is 66.7 cm³/mol. The Bertz CT molecular complexity index is 575. The second kappa shape index (κ2) is 4.02. The topological polar surface area (TPSA) is 30.2 Å². The third-order valence-corrected chi connectivity index (χ3v) is 3.47. The maximum atomic E-state index is 12.0. The van der Waals surface area contributed by atoms with Crippen molar-refractivity contribution in [2.75, 3.05) is 6.26 Å². The van der Waals surface area contributed by atoms with Gasteiger partial charge in [0.2, 0.25) is 5.43 Å². The van der Waals surface area contributed by atoms with Crippen LogP contribution >= 0.6 is 27.7 Å². The Morgan fingerprint density at radius 3 is 2.80 bits per heavy atom. The Morgan fingerprint density at radius 1 is 1.40 bits per heavy atom. The molecule has 78 valence electrons. The molecule has 15 heavy (non-hydrogen) atoms. The quantitative estimate of drug-likeness (QED) is 0.750. The van der Waals surface area contributed by atoms with Crippen LogP contribution in [-0.4, -0.2) is 6.26 Å². The third-order valence-electron chi connectivity index (χ3n) is 2.16. The molecular weight excluding hydrogens is 276 g/mol. The van der Waals surface area contributed by atoms with Crippen LogP contribution < -0.4 is 5.43 Å². The van der Waals surface area contributed by atoms with Crippen molar-refractivity contribution in [1.82, 2.24) is 0 Å². The fraction of sp³-hybridized carbons (Fsp3) is 0.182. The van der Waals surface area contributed by atoms with Gasteiger partial charge in [-0.1, -0.05) is 0 Å². The Morgan fingerprint density at radius 2 is 2.13 bits per heavy atom. The number of thioether (sulfide) groups is 1. The molecule has 0 aliphatic carbocycles. The van der Waals surface area contributed by atoms with Crippen molar-refractivity contribution >= 4 is 38.7 Å². The standard InChI is InChI=1S/C11H9BrO2S/c1-6-3-7-10(13)9(15-2)5-14-11(7)8(12)4-6/h3-5H,1-2H3. The van der Waals surface area contributed by atoms with E-state index >= 15 is 0 Å². The molecule has 2 aromatic rings. The molecule has 0 unspecified atom stereocenters. The highest BCUT2D eigenvalue weighted by molar-refractivity contribution is 9.10. The van der Waals surface area contributed by atoms with Gasteiger partial charge in [-0.25, -0.2) is 0 Å². The first kappa shape index (κ1) is 10.8. The molecule has 1 aromatic heterocycles. The van der Waals surface area contributed by atoms with Crippen LogP contribution in [0.4, 0.5) is 0 Å². The molecule has 0 spiro atoms. The zero-order valence-electron chi connectivity index (χ0n) is 8.33. The van der Waals surface area contributed by atoms with E-state index < -0.39 is 0 Å². The zero-order chi connectivity index (χ0) is 11.0. The molecule has 0 radical (unpaired) electrons. The molecule has 0 fully saturated rings. The highest BCUT2D eigenvalue weighted by Gasteiger charge is 2.09. The molecule has 0 aliphatic heterocycles. The van der Waals surface area contributed by atoms with Gasteiger partial charge in [-0.2, -0.15) is 0 Å². The summed E-state index contributed by atoms with van der Waals surface area (Å²) in [4.78, 5) is 12.6. The average molecular weight is 285 g/mol. The number of hydrogen-bond donors (Lipinski definition) is 0. The molecule has 4 heteroatoms. The summed E-state index contributed by atoms with van der Waals surface area (Å²) >= 11 is 4.79. The molecule has 0 bridgehead atoms. The lowest BCUT2D eigenvalue weighted by molar-refractivity contribution is 0.585. The Balaban J connectivity index is 2.93. The Labute approximate surface area is 99.8 Å². The highest BCUT2D eigenvalue weighted by Crippen LogP contribution is 2.25. The summed E-state index contributed by atoms with van der Waals surface area (Å²) < 4.78 is 6.25. The van der Waals surface area contributed by atoms with Crippen molar-refractivity contribution in [3.63, 3.8) is 0 Å². The minimum absolute atomic E-state index is 0.0353. The first-order chi connectivity index (χ1) is 7.13. The van der Waals surface area contributed by atoms with Crippen LogP contribution in [0.15, 0.2) is 37.0 Å². The largest absolute Gasteiger partial charge is 0.462 e. The second-order valence-corrected chi connectivity index (χ2v) is 4.96. The summed E-state index contributed by atoms with van der Waals surface area (Å²) in [6, 6.07) is 3.79. The lowest BCUT2D eigenvalue weighted by Gasteiger charge is -2.02. The summed E-state index contributed by atoms with van der Waals surface area (Å²) in [6.45, 7) is 1.95. The van der Waals surface area contributed by atoms with Crippen LogP contribution in [0.1, 0.15) is 5.56 Å². The van der Waals surface area contributed by atoms with Gasteiger partial charge in [0.15, 0.2) is 5.58 Å². The summed E-state index contributed by atoms with van der Waals surface area (Å²) in [5, 5.41) is 0.633. The van der Waals surface area contributed by atoms with Gasteiger partial charge >= 0.3 is 0 Å². The van der Waals surface area contributed by atoms with Gasteiger partial charge in [-0.05, 0) is 46.8 Å². The van der Waals surface area contributed by atoms with Gasteiger partial charge in [0.05, 0.1) is 14.8 Å². The van der Waals surface area contributed by atoms with Crippen molar-refractivity contribution in [2.24, 2.45) is 0 Å². The molecule has 0 aliphatic rings. The molecular formula is C11H9BrO2S. The summed E-state index contributed by atoms with van der Waals surface area (Å²) in [6.07, 6.45) is 3.37. The van der Waals surface area contributed by atoms with E-state index in [1.165, 1.54) is 18.0 Å². The molecule has 2 nitrogen and oxygen atoms in total. The van der Waals surface area contributed by atoms with E-state index in [0.29, 0.717) is 15.9 Å². The summed E-state index contributed by atoms with van der Waals surface area (Å²) in [7, 11) is 0. The monoisotopic (exact) mass is 284 g/mol. The van der Waals surface area contributed by atoms with Crippen LogP contribution in [0.2, 0.25) is 0 Å². The summed E-state index contributed by atoms with van der Waals surface area (Å²) in [5.41, 5.74) is 1.69. The Hall–Kier alpha value is -0.740. The lowest BCUT2D eigenvalue weighted by Crippen LogP contribution is -2.03. The van der Waals surface area contributed by atoms with Gasteiger partial charge in [0, 0.05) is 0 Å². The minimum atomic E-state index is 0.0353. The number of fused-ring (bicyclic) bond motifs is 1. The SMILES string of the molecule is CSc1coc2c(Br)cc(C)cc2c1=O. The van der Waals surface area contributed by atoms with E-state index in [9.17, 15) is 4.79 Å². The van der Waals surface area contributed by atoms with E-state index in [1.54, 1.807) is 0 Å². The van der Waals surface area contributed by atoms with Gasteiger partial charge in [-0.15, -0.1) is 11.8 Å². The van der Waals surface area contributed by atoms with Crippen LogP contribution in [-0.2, 0) is 0 Å². The predicted octanol–water partition coefficient (Wildman–Crippen LogP) is 3.59. The highest BCUT2D eigenvalue weighted by atomic mass is 79.9. The average Bonchev–Trinajstić information content (AvgIpc) is 2.19. The van der Waals surface area contributed by atoms with Crippen molar-refractivity contribution in [2.45, 2.75) is 11.8 Å². The number of aryl methyl sites for hydroxylation is 1.